The fourth-order valence-corrected chi connectivity index (χ4v) is 2.19. The summed E-state index contributed by atoms with van der Waals surface area (Å²) in [5.74, 6) is -2.38. The molecule has 1 unspecified atom stereocenters. The number of ketones is 1. The number of ether oxygens (including phenoxy) is 1. The Morgan fingerprint density at radius 2 is 2.15 bits per heavy atom. The number of hydrogen-bond donors (Lipinski definition) is 2. The molecule has 0 heterocycles. The van der Waals surface area contributed by atoms with Gasteiger partial charge in [-0.1, -0.05) is 6.92 Å². The van der Waals surface area contributed by atoms with E-state index in [1.165, 1.54) is 0 Å². The number of carboxylic acid groups (broad SMARTS) is 1. The molecule has 1 aliphatic rings. The van der Waals surface area contributed by atoms with Crippen LogP contribution in [0.25, 0.3) is 0 Å². The lowest BCUT2D eigenvalue weighted by molar-refractivity contribution is -0.144. The van der Waals surface area contributed by atoms with Gasteiger partial charge in [-0.05, 0) is 12.8 Å². The van der Waals surface area contributed by atoms with Gasteiger partial charge in [-0.2, -0.15) is 0 Å². The normalized spacial score (nSPS) is 20.4. The molecule has 0 aliphatic heterocycles. The number of carbonyl (C=O) groups is 2. The van der Waals surface area contributed by atoms with E-state index in [0.29, 0.717) is 25.3 Å². The summed E-state index contributed by atoms with van der Waals surface area (Å²) in [6.45, 7) is 2.95. The number of allylic oxidation sites excluding steroid dienone is 2. The van der Waals surface area contributed by atoms with E-state index in [1.54, 1.807) is 7.11 Å². The Labute approximate surface area is 118 Å². The molecule has 0 aromatic carbocycles. The molecule has 1 aliphatic carbocycles. The van der Waals surface area contributed by atoms with Crippen molar-refractivity contribution in [2.24, 2.45) is 10.9 Å². The Hall–Kier alpha value is -1.69. The van der Waals surface area contributed by atoms with Gasteiger partial charge in [-0.25, -0.2) is 0 Å². The first kappa shape index (κ1) is 16.4. The summed E-state index contributed by atoms with van der Waals surface area (Å²) in [4.78, 5) is 27.3. The highest BCUT2D eigenvalue weighted by atomic mass is 16.5. The van der Waals surface area contributed by atoms with Crippen LogP contribution in [-0.2, 0) is 14.3 Å². The molecule has 6 heteroatoms. The molecule has 0 amide bonds. The van der Waals surface area contributed by atoms with Crippen LogP contribution in [0.3, 0.4) is 0 Å². The van der Waals surface area contributed by atoms with Crippen molar-refractivity contribution in [2.75, 3.05) is 20.3 Å². The maximum atomic E-state index is 12.0. The molecule has 1 rings (SSSR count). The van der Waals surface area contributed by atoms with Gasteiger partial charge < -0.3 is 14.9 Å². The Kier molecular flexibility index (Phi) is 6.38. The highest BCUT2D eigenvalue weighted by Crippen LogP contribution is 2.27. The van der Waals surface area contributed by atoms with E-state index in [9.17, 15) is 14.7 Å². The van der Waals surface area contributed by atoms with Gasteiger partial charge in [0.2, 0.25) is 0 Å². The van der Waals surface area contributed by atoms with Crippen LogP contribution in [0.2, 0.25) is 0 Å². The van der Waals surface area contributed by atoms with Gasteiger partial charge in [0.25, 0.3) is 0 Å². The highest BCUT2D eigenvalue weighted by molar-refractivity contribution is 6.23. The monoisotopic (exact) mass is 283 g/mol. The second kappa shape index (κ2) is 7.79. The maximum Gasteiger partial charge on any atom is 0.307 e. The largest absolute Gasteiger partial charge is 0.511 e. The van der Waals surface area contributed by atoms with E-state index < -0.39 is 11.9 Å². The van der Waals surface area contributed by atoms with Crippen molar-refractivity contribution in [1.29, 1.82) is 0 Å². The Morgan fingerprint density at radius 1 is 1.45 bits per heavy atom. The first-order chi connectivity index (χ1) is 9.51. The van der Waals surface area contributed by atoms with Crippen LogP contribution in [0.4, 0.5) is 0 Å². The minimum Gasteiger partial charge on any atom is -0.511 e. The van der Waals surface area contributed by atoms with Crippen molar-refractivity contribution >= 4 is 17.5 Å². The van der Waals surface area contributed by atoms with Gasteiger partial charge in [0, 0.05) is 38.8 Å². The molecule has 0 radical (unpaired) electrons. The molecule has 0 aromatic rings. The summed E-state index contributed by atoms with van der Waals surface area (Å²) in [6, 6.07) is 0. The zero-order valence-corrected chi connectivity index (χ0v) is 11.9. The fraction of sp³-hybridized carbons (Fsp3) is 0.643. The number of rotatable bonds is 7. The summed E-state index contributed by atoms with van der Waals surface area (Å²) in [5, 5.41) is 18.9. The average Bonchev–Trinajstić information content (AvgIpc) is 2.40. The highest BCUT2D eigenvalue weighted by Gasteiger charge is 2.33. The van der Waals surface area contributed by atoms with Gasteiger partial charge in [0.05, 0.1) is 11.5 Å². The Balaban J connectivity index is 2.88. The summed E-state index contributed by atoms with van der Waals surface area (Å²) in [6.07, 6.45) is 1.18. The fourth-order valence-electron chi connectivity index (χ4n) is 2.19. The first-order valence-corrected chi connectivity index (χ1v) is 6.72. The van der Waals surface area contributed by atoms with Crippen molar-refractivity contribution in [2.45, 2.75) is 32.6 Å². The number of hydrogen-bond acceptors (Lipinski definition) is 5. The number of methoxy groups -OCH3 is 1. The van der Waals surface area contributed by atoms with Crippen molar-refractivity contribution in [3.05, 3.63) is 11.3 Å². The second-order valence-electron chi connectivity index (χ2n) is 4.72. The van der Waals surface area contributed by atoms with Crippen LogP contribution in [0.5, 0.6) is 0 Å². The third kappa shape index (κ3) is 4.16. The van der Waals surface area contributed by atoms with Gasteiger partial charge in [0.1, 0.15) is 5.76 Å². The molecule has 0 bridgehead atoms. The predicted molar refractivity (Wildman–Crippen MR) is 74.1 cm³/mol. The molecule has 0 spiro atoms. The number of aliphatic carboxylic acids is 1. The van der Waals surface area contributed by atoms with Crippen LogP contribution in [-0.4, -0.2) is 47.9 Å². The predicted octanol–water partition coefficient (Wildman–Crippen LogP) is 1.75. The average molecular weight is 283 g/mol. The van der Waals surface area contributed by atoms with E-state index in [-0.39, 0.29) is 30.0 Å². The third-order valence-corrected chi connectivity index (χ3v) is 3.22. The van der Waals surface area contributed by atoms with E-state index in [1.807, 2.05) is 6.92 Å². The molecule has 1 atom stereocenters. The molecule has 0 aromatic heterocycles. The Morgan fingerprint density at radius 3 is 2.65 bits per heavy atom. The lowest BCUT2D eigenvalue weighted by atomic mass is 9.84. The lowest BCUT2D eigenvalue weighted by Gasteiger charge is -2.21. The van der Waals surface area contributed by atoms with Crippen molar-refractivity contribution in [3.63, 3.8) is 0 Å². The van der Waals surface area contributed by atoms with E-state index >= 15 is 0 Å². The summed E-state index contributed by atoms with van der Waals surface area (Å²) in [5.41, 5.74) is 0.759. The summed E-state index contributed by atoms with van der Waals surface area (Å²) < 4.78 is 4.92. The van der Waals surface area contributed by atoms with Gasteiger partial charge in [-0.15, -0.1) is 0 Å². The standard InChI is InChI=1S/C14H21NO5/c1-3-10(15-5-4-6-20-2)13-11(16)7-9(14(18)19)8-12(13)17/h9,16H,3-8H2,1-2H3,(H,18,19). The number of aliphatic hydroxyl groups excluding tert-OH is 1. The minimum atomic E-state index is -1.06. The molecule has 0 saturated heterocycles. The van der Waals surface area contributed by atoms with Gasteiger partial charge in [-0.3, -0.25) is 14.6 Å². The van der Waals surface area contributed by atoms with Crippen LogP contribution >= 0.6 is 0 Å². The molecule has 0 fully saturated rings. The topological polar surface area (TPSA) is 96.2 Å². The van der Waals surface area contributed by atoms with Crippen molar-refractivity contribution < 1.29 is 24.5 Å². The molecule has 112 valence electrons. The number of carboxylic acids is 1. The SMILES string of the molecule is CCC(=NCCCOC)C1=C(O)CC(C(=O)O)CC1=O. The number of carbonyl (C=O) groups excluding carboxylic acids is 1. The smallest absolute Gasteiger partial charge is 0.307 e. The molecular formula is C14H21NO5. The van der Waals surface area contributed by atoms with Gasteiger partial charge in [0.15, 0.2) is 5.78 Å². The Bertz CT molecular complexity index is 439. The van der Waals surface area contributed by atoms with E-state index in [0.717, 1.165) is 6.42 Å². The maximum absolute atomic E-state index is 12.0. The number of nitrogens with zero attached hydrogens (tertiary/aromatic N) is 1. The summed E-state index contributed by atoms with van der Waals surface area (Å²) >= 11 is 0. The summed E-state index contributed by atoms with van der Waals surface area (Å²) in [7, 11) is 1.61. The van der Waals surface area contributed by atoms with Crippen molar-refractivity contribution in [1.82, 2.24) is 0 Å². The zero-order valence-electron chi connectivity index (χ0n) is 11.9. The molecule has 2 N–H and O–H groups in total. The minimum absolute atomic E-state index is 0.00645. The van der Waals surface area contributed by atoms with Crippen LogP contribution in [0.1, 0.15) is 32.6 Å². The number of Topliss-reactive ketones (excluding diaryl/α,β-unsaturated/α-hetero) is 1. The zero-order chi connectivity index (χ0) is 15.1. The molecule has 6 nitrogen and oxygen atoms in total. The molecule has 20 heavy (non-hydrogen) atoms. The van der Waals surface area contributed by atoms with Crippen LogP contribution in [0.15, 0.2) is 16.3 Å². The molecular weight excluding hydrogens is 262 g/mol. The van der Waals surface area contributed by atoms with E-state index in [2.05, 4.69) is 4.99 Å². The second-order valence-corrected chi connectivity index (χ2v) is 4.72. The van der Waals surface area contributed by atoms with E-state index in [4.69, 9.17) is 9.84 Å². The van der Waals surface area contributed by atoms with Crippen LogP contribution in [0, 0.1) is 5.92 Å². The first-order valence-electron chi connectivity index (χ1n) is 6.72. The third-order valence-electron chi connectivity index (χ3n) is 3.22. The molecule has 0 saturated carbocycles. The van der Waals surface area contributed by atoms with Gasteiger partial charge >= 0.3 is 5.97 Å². The van der Waals surface area contributed by atoms with Crippen LogP contribution < -0.4 is 0 Å². The quantitative estimate of drug-likeness (QED) is 0.548. The van der Waals surface area contributed by atoms with Crippen molar-refractivity contribution in [3.8, 4) is 0 Å². The lowest BCUT2D eigenvalue weighted by Crippen LogP contribution is -2.28. The number of aliphatic hydroxyl groups is 1. The number of aliphatic imine (C=N–C) groups is 1.